The van der Waals surface area contributed by atoms with Gasteiger partial charge in [0.25, 0.3) is 5.91 Å². The van der Waals surface area contributed by atoms with Crippen molar-refractivity contribution in [3.8, 4) is 0 Å². The molecule has 0 aliphatic heterocycles. The lowest BCUT2D eigenvalue weighted by Crippen LogP contribution is -2.25. The predicted molar refractivity (Wildman–Crippen MR) is 90.6 cm³/mol. The number of nitrogens with zero attached hydrogens (tertiary/aromatic N) is 5. The Morgan fingerprint density at radius 1 is 1.37 bits per heavy atom. The van der Waals surface area contributed by atoms with Crippen molar-refractivity contribution in [1.82, 2.24) is 24.9 Å². The Labute approximate surface area is 151 Å². The highest BCUT2D eigenvalue weighted by molar-refractivity contribution is 6.02. The van der Waals surface area contributed by atoms with Crippen LogP contribution in [0.4, 0.5) is 11.4 Å². The van der Waals surface area contributed by atoms with Crippen LogP contribution >= 0.6 is 0 Å². The van der Waals surface area contributed by atoms with E-state index in [4.69, 9.17) is 4.42 Å². The zero-order valence-corrected chi connectivity index (χ0v) is 14.2. The molecule has 2 amide bonds. The van der Waals surface area contributed by atoms with Gasteiger partial charge in [0.15, 0.2) is 5.69 Å². The van der Waals surface area contributed by atoms with E-state index >= 15 is 0 Å². The summed E-state index contributed by atoms with van der Waals surface area (Å²) in [6.45, 7) is -0.0804. The maximum Gasteiger partial charge on any atom is 0.307 e. The lowest BCUT2D eigenvalue weighted by Gasteiger charge is -2.06. The van der Waals surface area contributed by atoms with Crippen LogP contribution in [0.1, 0.15) is 16.2 Å². The Balaban J connectivity index is 1.64. The predicted octanol–water partition coefficient (Wildman–Crippen LogP) is 0.686. The van der Waals surface area contributed by atoms with Gasteiger partial charge in [-0.15, -0.1) is 0 Å². The standard InChI is InChI=1S/C15H15N7O5/c1-20-8-12(14(19-20)15(24)16-6-11-3-2-4-27-11)18-13(23)9-21-7-10(5-17-21)22(25)26/h2-5,7-8H,6,9H2,1H3,(H,16,24)(H,18,23). The second-order valence-electron chi connectivity index (χ2n) is 5.53. The Morgan fingerprint density at radius 2 is 2.19 bits per heavy atom. The number of hydrogen-bond acceptors (Lipinski definition) is 7. The van der Waals surface area contributed by atoms with Gasteiger partial charge in [-0.3, -0.25) is 29.1 Å². The molecule has 140 valence electrons. The van der Waals surface area contributed by atoms with E-state index in [9.17, 15) is 19.7 Å². The first-order valence-electron chi connectivity index (χ1n) is 7.73. The molecule has 2 N–H and O–H groups in total. The van der Waals surface area contributed by atoms with E-state index in [1.807, 2.05) is 0 Å². The van der Waals surface area contributed by atoms with Gasteiger partial charge in [-0.05, 0) is 12.1 Å². The smallest absolute Gasteiger partial charge is 0.307 e. The summed E-state index contributed by atoms with van der Waals surface area (Å²) in [4.78, 5) is 34.5. The van der Waals surface area contributed by atoms with Gasteiger partial charge < -0.3 is 15.1 Å². The molecular weight excluding hydrogens is 358 g/mol. The van der Waals surface area contributed by atoms with Gasteiger partial charge in [-0.25, -0.2) is 0 Å². The SMILES string of the molecule is Cn1cc(NC(=O)Cn2cc([N+](=O)[O-])cn2)c(C(=O)NCc2ccco2)n1. The summed E-state index contributed by atoms with van der Waals surface area (Å²) < 4.78 is 7.65. The molecule has 0 unspecified atom stereocenters. The van der Waals surface area contributed by atoms with Gasteiger partial charge in [0, 0.05) is 13.2 Å². The molecule has 27 heavy (non-hydrogen) atoms. The molecular formula is C15H15N7O5. The molecule has 3 rings (SSSR count). The van der Waals surface area contributed by atoms with Crippen LogP contribution in [0.15, 0.2) is 41.4 Å². The van der Waals surface area contributed by atoms with Crippen molar-refractivity contribution in [2.75, 3.05) is 5.32 Å². The molecule has 3 heterocycles. The van der Waals surface area contributed by atoms with Crippen molar-refractivity contribution in [3.05, 3.63) is 58.6 Å². The van der Waals surface area contributed by atoms with Crippen LogP contribution in [0.25, 0.3) is 0 Å². The van der Waals surface area contributed by atoms with Crippen molar-refractivity contribution in [3.63, 3.8) is 0 Å². The average Bonchev–Trinajstić information content (AvgIpc) is 3.34. The summed E-state index contributed by atoms with van der Waals surface area (Å²) in [5.41, 5.74) is 0.0205. The van der Waals surface area contributed by atoms with Crippen LogP contribution in [0.2, 0.25) is 0 Å². The fraction of sp³-hybridized carbons (Fsp3) is 0.200. The molecule has 3 aromatic rings. The fourth-order valence-corrected chi connectivity index (χ4v) is 2.28. The van der Waals surface area contributed by atoms with Gasteiger partial charge >= 0.3 is 5.69 Å². The molecule has 0 bridgehead atoms. The van der Waals surface area contributed by atoms with E-state index < -0.39 is 16.7 Å². The van der Waals surface area contributed by atoms with Crippen LogP contribution in [-0.4, -0.2) is 36.3 Å². The maximum absolute atomic E-state index is 12.3. The molecule has 0 atom stereocenters. The van der Waals surface area contributed by atoms with Gasteiger partial charge in [0.05, 0.1) is 23.4 Å². The van der Waals surface area contributed by atoms with Crippen LogP contribution in [-0.2, 0) is 24.9 Å². The van der Waals surface area contributed by atoms with E-state index in [2.05, 4.69) is 20.8 Å². The number of hydrogen-bond donors (Lipinski definition) is 2. The van der Waals surface area contributed by atoms with E-state index in [-0.39, 0.29) is 30.2 Å². The Hall–Kier alpha value is -3.96. The Bertz CT molecular complexity index is 973. The second-order valence-corrected chi connectivity index (χ2v) is 5.53. The number of aryl methyl sites for hydroxylation is 1. The van der Waals surface area contributed by atoms with Crippen molar-refractivity contribution in [2.24, 2.45) is 7.05 Å². The number of furan rings is 1. The van der Waals surface area contributed by atoms with Gasteiger partial charge in [-0.2, -0.15) is 10.2 Å². The molecule has 0 aliphatic carbocycles. The number of nitro groups is 1. The topological polar surface area (TPSA) is 150 Å². The number of carbonyl (C=O) groups excluding carboxylic acids is 2. The third-order valence-electron chi connectivity index (χ3n) is 3.46. The average molecular weight is 373 g/mol. The third kappa shape index (κ3) is 4.36. The molecule has 12 nitrogen and oxygen atoms in total. The van der Waals surface area contributed by atoms with E-state index in [0.717, 1.165) is 17.1 Å². The van der Waals surface area contributed by atoms with Gasteiger partial charge in [-0.1, -0.05) is 0 Å². The van der Waals surface area contributed by atoms with E-state index in [0.29, 0.717) is 5.76 Å². The van der Waals surface area contributed by atoms with Crippen molar-refractivity contribution in [1.29, 1.82) is 0 Å². The van der Waals surface area contributed by atoms with Crippen LogP contribution in [0, 0.1) is 10.1 Å². The van der Waals surface area contributed by atoms with E-state index in [1.54, 1.807) is 19.2 Å². The van der Waals surface area contributed by atoms with E-state index in [1.165, 1.54) is 17.1 Å². The van der Waals surface area contributed by atoms with Crippen LogP contribution in [0.5, 0.6) is 0 Å². The normalized spacial score (nSPS) is 10.6. The molecule has 3 aromatic heterocycles. The van der Waals surface area contributed by atoms with Crippen molar-refractivity contribution in [2.45, 2.75) is 13.1 Å². The summed E-state index contributed by atoms with van der Waals surface area (Å²) in [5.74, 6) is -0.428. The molecule has 0 radical (unpaired) electrons. The number of carbonyl (C=O) groups is 2. The molecule has 0 spiro atoms. The van der Waals surface area contributed by atoms with Crippen molar-refractivity contribution >= 4 is 23.2 Å². The summed E-state index contributed by atoms with van der Waals surface area (Å²) in [7, 11) is 1.61. The third-order valence-corrected chi connectivity index (χ3v) is 3.46. The Morgan fingerprint density at radius 3 is 2.85 bits per heavy atom. The van der Waals surface area contributed by atoms with Crippen LogP contribution in [0.3, 0.4) is 0 Å². The lowest BCUT2D eigenvalue weighted by molar-refractivity contribution is -0.385. The zero-order valence-electron chi connectivity index (χ0n) is 14.2. The number of rotatable bonds is 7. The first-order chi connectivity index (χ1) is 12.9. The molecule has 0 saturated heterocycles. The molecule has 0 aliphatic rings. The molecule has 0 aromatic carbocycles. The number of nitrogens with one attached hydrogen (secondary N) is 2. The zero-order chi connectivity index (χ0) is 19.4. The van der Waals surface area contributed by atoms with Gasteiger partial charge in [0.2, 0.25) is 5.91 Å². The number of aromatic nitrogens is 4. The highest BCUT2D eigenvalue weighted by atomic mass is 16.6. The number of anilines is 1. The fourth-order valence-electron chi connectivity index (χ4n) is 2.28. The summed E-state index contributed by atoms with van der Waals surface area (Å²) in [6.07, 6.45) is 5.16. The minimum atomic E-state index is -0.607. The van der Waals surface area contributed by atoms with Crippen molar-refractivity contribution < 1.29 is 18.9 Å². The monoisotopic (exact) mass is 373 g/mol. The summed E-state index contributed by atoms with van der Waals surface area (Å²) in [5, 5.41) is 23.6. The molecule has 0 saturated carbocycles. The minimum absolute atomic E-state index is 0.0313. The quantitative estimate of drug-likeness (QED) is 0.457. The number of amides is 2. The molecule has 0 fully saturated rings. The maximum atomic E-state index is 12.3. The lowest BCUT2D eigenvalue weighted by atomic mass is 10.3. The Kier molecular flexibility index (Phi) is 4.97. The first-order valence-corrected chi connectivity index (χ1v) is 7.73. The van der Waals surface area contributed by atoms with Gasteiger partial charge in [0.1, 0.15) is 24.7 Å². The first kappa shape index (κ1) is 17.8. The summed E-state index contributed by atoms with van der Waals surface area (Å²) in [6, 6.07) is 3.41. The molecule has 12 heteroatoms. The summed E-state index contributed by atoms with van der Waals surface area (Å²) >= 11 is 0. The largest absolute Gasteiger partial charge is 0.467 e. The van der Waals surface area contributed by atoms with Crippen LogP contribution < -0.4 is 10.6 Å². The highest BCUT2D eigenvalue weighted by Crippen LogP contribution is 2.14. The minimum Gasteiger partial charge on any atom is -0.467 e. The highest BCUT2D eigenvalue weighted by Gasteiger charge is 2.19. The second kappa shape index (κ2) is 7.51.